The topological polar surface area (TPSA) is 29.1 Å². The van der Waals surface area contributed by atoms with Gasteiger partial charge in [-0.1, -0.05) is 30.2 Å². The minimum atomic E-state index is 0.192. The molecule has 2 fully saturated rings. The zero-order valence-electron chi connectivity index (χ0n) is 11.1. The van der Waals surface area contributed by atoms with Crippen molar-refractivity contribution in [2.75, 3.05) is 0 Å². The molecular formula is C16H20ClNO. The standard InChI is InChI=1S/C16H20ClNO/c17-15-3-1-2-12(8-15)10-18-16(19)9-14-7-11-4-5-13(14)6-11/h1-3,8,11,13-14H,4-7,9-10H2,(H,18,19). The highest BCUT2D eigenvalue weighted by Crippen LogP contribution is 2.49. The van der Waals surface area contributed by atoms with Crippen LogP contribution in [0.25, 0.3) is 0 Å². The molecule has 102 valence electrons. The second-order valence-electron chi connectivity index (χ2n) is 6.05. The summed E-state index contributed by atoms with van der Waals surface area (Å²) >= 11 is 5.93. The number of hydrogen-bond acceptors (Lipinski definition) is 1. The van der Waals surface area contributed by atoms with Crippen LogP contribution in [0, 0.1) is 17.8 Å². The minimum Gasteiger partial charge on any atom is -0.352 e. The van der Waals surface area contributed by atoms with E-state index in [1.165, 1.54) is 25.7 Å². The third kappa shape index (κ3) is 3.11. The molecule has 3 atom stereocenters. The van der Waals surface area contributed by atoms with Gasteiger partial charge in [0.1, 0.15) is 0 Å². The molecule has 3 rings (SSSR count). The number of hydrogen-bond donors (Lipinski definition) is 1. The zero-order valence-corrected chi connectivity index (χ0v) is 11.8. The fraction of sp³-hybridized carbons (Fsp3) is 0.562. The molecule has 1 N–H and O–H groups in total. The lowest BCUT2D eigenvalue weighted by atomic mass is 9.86. The van der Waals surface area contributed by atoms with Crippen molar-refractivity contribution < 1.29 is 4.79 Å². The Balaban J connectivity index is 1.47. The van der Waals surface area contributed by atoms with Gasteiger partial charge in [-0.05, 0) is 54.7 Å². The van der Waals surface area contributed by atoms with E-state index in [0.717, 1.165) is 22.4 Å². The average Bonchev–Trinajstić information content (AvgIpc) is 2.99. The van der Waals surface area contributed by atoms with Crippen LogP contribution in [0.15, 0.2) is 24.3 Å². The fourth-order valence-electron chi connectivity index (χ4n) is 3.78. The second kappa shape index (κ2) is 5.54. The molecular weight excluding hydrogens is 258 g/mol. The molecule has 3 heteroatoms. The quantitative estimate of drug-likeness (QED) is 0.891. The Bertz CT molecular complexity index is 474. The SMILES string of the molecule is O=C(CC1CC2CCC1C2)NCc1cccc(Cl)c1. The van der Waals surface area contributed by atoms with E-state index in [1.54, 1.807) is 0 Å². The van der Waals surface area contributed by atoms with E-state index in [1.807, 2.05) is 24.3 Å². The van der Waals surface area contributed by atoms with E-state index in [2.05, 4.69) is 5.32 Å². The number of benzene rings is 1. The van der Waals surface area contributed by atoms with Crippen molar-refractivity contribution in [1.82, 2.24) is 5.32 Å². The monoisotopic (exact) mass is 277 g/mol. The smallest absolute Gasteiger partial charge is 0.220 e. The minimum absolute atomic E-state index is 0.192. The maximum absolute atomic E-state index is 12.0. The van der Waals surface area contributed by atoms with Gasteiger partial charge < -0.3 is 5.32 Å². The van der Waals surface area contributed by atoms with Crippen LogP contribution in [0.2, 0.25) is 5.02 Å². The number of rotatable bonds is 4. The number of carbonyl (C=O) groups excluding carboxylic acids is 1. The van der Waals surface area contributed by atoms with E-state index in [0.29, 0.717) is 18.9 Å². The van der Waals surface area contributed by atoms with Gasteiger partial charge in [0.25, 0.3) is 0 Å². The number of carbonyl (C=O) groups is 1. The van der Waals surface area contributed by atoms with E-state index < -0.39 is 0 Å². The molecule has 0 radical (unpaired) electrons. The van der Waals surface area contributed by atoms with Crippen molar-refractivity contribution in [1.29, 1.82) is 0 Å². The maximum atomic E-state index is 12.0. The molecule has 0 heterocycles. The molecule has 19 heavy (non-hydrogen) atoms. The summed E-state index contributed by atoms with van der Waals surface area (Å²) in [5, 5.41) is 3.74. The van der Waals surface area contributed by atoms with Gasteiger partial charge in [0.05, 0.1) is 0 Å². The van der Waals surface area contributed by atoms with Gasteiger partial charge in [-0.3, -0.25) is 4.79 Å². The number of fused-ring (bicyclic) bond motifs is 2. The molecule has 2 bridgehead atoms. The molecule has 1 amide bonds. The van der Waals surface area contributed by atoms with E-state index in [4.69, 9.17) is 11.6 Å². The highest BCUT2D eigenvalue weighted by Gasteiger charge is 2.39. The van der Waals surface area contributed by atoms with Crippen molar-refractivity contribution in [3.05, 3.63) is 34.9 Å². The van der Waals surface area contributed by atoms with Gasteiger partial charge >= 0.3 is 0 Å². The molecule has 1 aromatic carbocycles. The van der Waals surface area contributed by atoms with Crippen LogP contribution in [-0.2, 0) is 11.3 Å². The molecule has 0 spiro atoms. The Kier molecular flexibility index (Phi) is 3.79. The lowest BCUT2D eigenvalue weighted by Gasteiger charge is -2.20. The largest absolute Gasteiger partial charge is 0.352 e. The molecule has 0 saturated heterocycles. The lowest BCUT2D eigenvalue weighted by Crippen LogP contribution is -2.26. The number of nitrogens with one attached hydrogen (secondary N) is 1. The highest BCUT2D eigenvalue weighted by molar-refractivity contribution is 6.30. The van der Waals surface area contributed by atoms with Crippen molar-refractivity contribution in [2.45, 2.75) is 38.6 Å². The maximum Gasteiger partial charge on any atom is 0.220 e. The first-order valence-electron chi connectivity index (χ1n) is 7.22. The predicted molar refractivity (Wildman–Crippen MR) is 76.9 cm³/mol. The summed E-state index contributed by atoms with van der Waals surface area (Å²) in [6.07, 6.45) is 6.09. The first kappa shape index (κ1) is 13.0. The summed E-state index contributed by atoms with van der Waals surface area (Å²) in [7, 11) is 0. The van der Waals surface area contributed by atoms with Gasteiger partial charge in [0.15, 0.2) is 0 Å². The van der Waals surface area contributed by atoms with E-state index >= 15 is 0 Å². The Morgan fingerprint density at radius 1 is 1.32 bits per heavy atom. The van der Waals surface area contributed by atoms with E-state index in [9.17, 15) is 4.79 Å². The summed E-state index contributed by atoms with van der Waals surface area (Å²) < 4.78 is 0. The predicted octanol–water partition coefficient (Wildman–Crippen LogP) is 3.78. The molecule has 2 nitrogen and oxygen atoms in total. The average molecular weight is 278 g/mol. The van der Waals surface area contributed by atoms with Gasteiger partial charge in [0.2, 0.25) is 5.91 Å². The van der Waals surface area contributed by atoms with Gasteiger partial charge in [-0.25, -0.2) is 0 Å². The molecule has 0 aliphatic heterocycles. The lowest BCUT2D eigenvalue weighted by molar-refractivity contribution is -0.122. The molecule has 2 aliphatic rings. The van der Waals surface area contributed by atoms with Crippen LogP contribution in [0.4, 0.5) is 0 Å². The molecule has 0 aromatic heterocycles. The molecule has 2 saturated carbocycles. The first-order chi connectivity index (χ1) is 9.20. The Hall–Kier alpha value is -1.02. The zero-order chi connectivity index (χ0) is 13.2. The summed E-state index contributed by atoms with van der Waals surface area (Å²) in [6.45, 7) is 0.584. The Morgan fingerprint density at radius 3 is 2.89 bits per heavy atom. The second-order valence-corrected chi connectivity index (χ2v) is 6.48. The van der Waals surface area contributed by atoms with Crippen molar-refractivity contribution in [2.24, 2.45) is 17.8 Å². The summed E-state index contributed by atoms with van der Waals surface area (Å²) in [6, 6.07) is 7.66. The summed E-state index contributed by atoms with van der Waals surface area (Å²) in [5.74, 6) is 2.56. The first-order valence-corrected chi connectivity index (χ1v) is 7.59. The molecule has 1 aromatic rings. The van der Waals surface area contributed by atoms with Crippen molar-refractivity contribution in [3.63, 3.8) is 0 Å². The van der Waals surface area contributed by atoms with Crippen molar-refractivity contribution in [3.8, 4) is 0 Å². The fourth-order valence-corrected chi connectivity index (χ4v) is 4.00. The van der Waals surface area contributed by atoms with Gasteiger partial charge in [-0.2, -0.15) is 0 Å². The highest BCUT2D eigenvalue weighted by atomic mass is 35.5. The van der Waals surface area contributed by atoms with Crippen LogP contribution in [0.1, 0.15) is 37.7 Å². The molecule has 2 aliphatic carbocycles. The van der Waals surface area contributed by atoms with Crippen LogP contribution >= 0.6 is 11.6 Å². The summed E-state index contributed by atoms with van der Waals surface area (Å²) in [5.41, 5.74) is 1.06. The third-order valence-electron chi connectivity index (χ3n) is 4.71. The third-order valence-corrected chi connectivity index (χ3v) is 4.95. The normalized spacial score (nSPS) is 28.6. The van der Waals surface area contributed by atoms with Crippen LogP contribution < -0.4 is 5.32 Å². The van der Waals surface area contributed by atoms with Gasteiger partial charge in [-0.15, -0.1) is 0 Å². The number of amides is 1. The van der Waals surface area contributed by atoms with E-state index in [-0.39, 0.29) is 5.91 Å². The Morgan fingerprint density at radius 2 is 2.21 bits per heavy atom. The van der Waals surface area contributed by atoms with Crippen LogP contribution in [0.5, 0.6) is 0 Å². The Labute approximate surface area is 119 Å². The van der Waals surface area contributed by atoms with Gasteiger partial charge in [0, 0.05) is 18.0 Å². The van der Waals surface area contributed by atoms with Crippen molar-refractivity contribution >= 4 is 17.5 Å². The summed E-state index contributed by atoms with van der Waals surface area (Å²) in [4.78, 5) is 12.0. The molecule has 3 unspecified atom stereocenters. The van der Waals surface area contributed by atoms with Crippen LogP contribution in [-0.4, -0.2) is 5.91 Å². The van der Waals surface area contributed by atoms with Crippen LogP contribution in [0.3, 0.4) is 0 Å². The number of halogens is 1.